The standard InChI is InChI=1S/C24H30N6O2/c1-15(2)29-10-9-17-12-21(32-5)19(11-18(17)13-29)24(31)27-22-8-6-7-20(26-22)23-28-25-14-30(23)16(3)4/h6-8,11-12,14-16H,9-10,13H2,1-5H3,(H,26,27,31). The Morgan fingerprint density at radius 3 is 2.66 bits per heavy atom. The number of hydrogen-bond donors (Lipinski definition) is 1. The summed E-state index contributed by atoms with van der Waals surface area (Å²) in [5, 5.41) is 11.1. The number of aromatic nitrogens is 4. The predicted octanol–water partition coefficient (Wildman–Crippen LogP) is 3.95. The number of pyridine rings is 1. The average Bonchev–Trinajstić information content (AvgIpc) is 3.28. The van der Waals surface area contributed by atoms with Crippen molar-refractivity contribution in [1.29, 1.82) is 0 Å². The van der Waals surface area contributed by atoms with Crippen molar-refractivity contribution in [2.24, 2.45) is 0 Å². The normalized spacial score (nSPS) is 14.0. The third kappa shape index (κ3) is 4.36. The van der Waals surface area contributed by atoms with E-state index in [0.29, 0.717) is 34.7 Å². The zero-order valence-electron chi connectivity index (χ0n) is 19.3. The van der Waals surface area contributed by atoms with Crippen LogP contribution in [0.2, 0.25) is 0 Å². The minimum absolute atomic E-state index is 0.199. The van der Waals surface area contributed by atoms with Gasteiger partial charge in [0, 0.05) is 25.2 Å². The summed E-state index contributed by atoms with van der Waals surface area (Å²) in [4.78, 5) is 20.2. The van der Waals surface area contributed by atoms with Gasteiger partial charge in [-0.05, 0) is 69.5 Å². The number of hydrogen-bond acceptors (Lipinski definition) is 6. The molecule has 4 rings (SSSR count). The molecule has 1 aliphatic rings. The Kier molecular flexibility index (Phi) is 6.23. The molecular weight excluding hydrogens is 404 g/mol. The van der Waals surface area contributed by atoms with Crippen molar-refractivity contribution < 1.29 is 9.53 Å². The Morgan fingerprint density at radius 2 is 1.94 bits per heavy atom. The predicted molar refractivity (Wildman–Crippen MR) is 124 cm³/mol. The SMILES string of the molecule is COc1cc2c(cc1C(=O)Nc1cccc(-c3nncn3C(C)C)n1)CN(C(C)C)CC2. The lowest BCUT2D eigenvalue weighted by Crippen LogP contribution is -2.36. The van der Waals surface area contributed by atoms with E-state index in [-0.39, 0.29) is 11.9 Å². The molecule has 3 heterocycles. The highest BCUT2D eigenvalue weighted by Gasteiger charge is 2.23. The summed E-state index contributed by atoms with van der Waals surface area (Å²) in [6.45, 7) is 10.3. The van der Waals surface area contributed by atoms with Gasteiger partial charge in [0.1, 0.15) is 23.6 Å². The van der Waals surface area contributed by atoms with Gasteiger partial charge in [-0.2, -0.15) is 0 Å². The first-order chi connectivity index (χ1) is 15.4. The molecule has 0 saturated heterocycles. The van der Waals surface area contributed by atoms with Crippen LogP contribution in [-0.4, -0.2) is 50.3 Å². The Labute approximate surface area is 188 Å². The highest BCUT2D eigenvalue weighted by molar-refractivity contribution is 6.06. The van der Waals surface area contributed by atoms with Crippen LogP contribution in [0.1, 0.15) is 55.2 Å². The number of ether oxygens (including phenoxy) is 1. The highest BCUT2D eigenvalue weighted by atomic mass is 16.5. The molecule has 0 spiro atoms. The van der Waals surface area contributed by atoms with Crippen LogP contribution >= 0.6 is 0 Å². The van der Waals surface area contributed by atoms with Crippen molar-refractivity contribution in [1.82, 2.24) is 24.6 Å². The third-order valence-corrected chi connectivity index (χ3v) is 5.89. The molecule has 0 atom stereocenters. The van der Waals surface area contributed by atoms with E-state index in [9.17, 15) is 4.79 Å². The van der Waals surface area contributed by atoms with Crippen LogP contribution in [0.4, 0.5) is 5.82 Å². The first-order valence-electron chi connectivity index (χ1n) is 11.0. The number of carbonyl (C=O) groups is 1. The number of nitrogens with zero attached hydrogens (tertiary/aromatic N) is 5. The monoisotopic (exact) mass is 434 g/mol. The number of nitrogens with one attached hydrogen (secondary N) is 1. The summed E-state index contributed by atoms with van der Waals surface area (Å²) >= 11 is 0. The molecule has 8 nitrogen and oxygen atoms in total. The first-order valence-corrected chi connectivity index (χ1v) is 11.0. The molecule has 168 valence electrons. The second-order valence-corrected chi connectivity index (χ2v) is 8.65. The van der Waals surface area contributed by atoms with E-state index >= 15 is 0 Å². The molecule has 1 amide bonds. The van der Waals surface area contributed by atoms with E-state index in [0.717, 1.165) is 19.5 Å². The first kappa shape index (κ1) is 22.0. The topological polar surface area (TPSA) is 85.2 Å². The quantitative estimate of drug-likeness (QED) is 0.632. The van der Waals surface area contributed by atoms with E-state index in [2.05, 4.69) is 53.1 Å². The summed E-state index contributed by atoms with van der Waals surface area (Å²) in [6.07, 6.45) is 2.64. The van der Waals surface area contributed by atoms with Gasteiger partial charge in [0.25, 0.3) is 5.91 Å². The number of amides is 1. The molecule has 0 radical (unpaired) electrons. The number of rotatable bonds is 6. The number of benzene rings is 1. The molecule has 32 heavy (non-hydrogen) atoms. The molecule has 0 fully saturated rings. The minimum Gasteiger partial charge on any atom is -0.496 e. The fourth-order valence-electron chi connectivity index (χ4n) is 4.01. The summed E-state index contributed by atoms with van der Waals surface area (Å²) in [7, 11) is 1.60. The molecule has 8 heteroatoms. The van der Waals surface area contributed by atoms with Crippen LogP contribution in [0.15, 0.2) is 36.7 Å². The van der Waals surface area contributed by atoms with Crippen LogP contribution < -0.4 is 10.1 Å². The third-order valence-electron chi connectivity index (χ3n) is 5.89. The molecule has 2 aromatic heterocycles. The van der Waals surface area contributed by atoms with Crippen molar-refractivity contribution in [3.8, 4) is 17.3 Å². The maximum Gasteiger partial charge on any atom is 0.260 e. The molecule has 3 aromatic rings. The number of methoxy groups -OCH3 is 1. The Bertz CT molecular complexity index is 1120. The van der Waals surface area contributed by atoms with Crippen molar-refractivity contribution >= 4 is 11.7 Å². The molecule has 1 aromatic carbocycles. The van der Waals surface area contributed by atoms with Crippen LogP contribution in [0.25, 0.3) is 11.5 Å². The Morgan fingerprint density at radius 1 is 1.12 bits per heavy atom. The van der Waals surface area contributed by atoms with Gasteiger partial charge in [-0.15, -0.1) is 10.2 Å². The number of anilines is 1. The van der Waals surface area contributed by atoms with E-state index in [1.54, 1.807) is 19.5 Å². The Hall–Kier alpha value is -3.26. The number of carbonyl (C=O) groups excluding carboxylic acids is 1. The molecule has 0 bridgehead atoms. The summed E-state index contributed by atoms with van der Waals surface area (Å²) in [5.74, 6) is 1.45. The maximum absolute atomic E-state index is 13.2. The van der Waals surface area contributed by atoms with Crippen molar-refractivity contribution in [3.63, 3.8) is 0 Å². The van der Waals surface area contributed by atoms with E-state index in [1.165, 1.54) is 11.1 Å². The van der Waals surface area contributed by atoms with Gasteiger partial charge in [0.2, 0.25) is 0 Å². The summed E-state index contributed by atoms with van der Waals surface area (Å²) in [5.41, 5.74) is 3.57. The Balaban J connectivity index is 1.61. The van der Waals surface area contributed by atoms with Crippen molar-refractivity contribution in [3.05, 3.63) is 53.3 Å². The zero-order chi connectivity index (χ0) is 22.8. The molecule has 0 saturated carbocycles. The highest BCUT2D eigenvalue weighted by Crippen LogP contribution is 2.29. The van der Waals surface area contributed by atoms with Gasteiger partial charge in [-0.1, -0.05) is 6.07 Å². The van der Waals surface area contributed by atoms with Gasteiger partial charge >= 0.3 is 0 Å². The lowest BCUT2D eigenvalue weighted by molar-refractivity contribution is 0.102. The van der Waals surface area contributed by atoms with Gasteiger partial charge in [-0.3, -0.25) is 9.69 Å². The van der Waals surface area contributed by atoms with E-state index in [4.69, 9.17) is 4.74 Å². The lowest BCUT2D eigenvalue weighted by Gasteiger charge is -2.32. The summed E-state index contributed by atoms with van der Waals surface area (Å²) < 4.78 is 7.50. The maximum atomic E-state index is 13.2. The lowest BCUT2D eigenvalue weighted by atomic mass is 9.95. The molecule has 1 N–H and O–H groups in total. The molecule has 1 aliphatic heterocycles. The average molecular weight is 435 g/mol. The second-order valence-electron chi connectivity index (χ2n) is 8.65. The van der Waals surface area contributed by atoms with Gasteiger partial charge in [0.15, 0.2) is 5.82 Å². The minimum atomic E-state index is -0.249. The largest absolute Gasteiger partial charge is 0.496 e. The fourth-order valence-corrected chi connectivity index (χ4v) is 4.01. The van der Waals surface area contributed by atoms with Crippen molar-refractivity contribution in [2.45, 2.75) is 52.7 Å². The van der Waals surface area contributed by atoms with E-state index < -0.39 is 0 Å². The van der Waals surface area contributed by atoms with Gasteiger partial charge in [-0.25, -0.2) is 4.98 Å². The molecular formula is C24H30N6O2. The van der Waals surface area contributed by atoms with Gasteiger partial charge in [0.05, 0.1) is 12.7 Å². The van der Waals surface area contributed by atoms with Crippen LogP contribution in [0.3, 0.4) is 0 Å². The van der Waals surface area contributed by atoms with Crippen molar-refractivity contribution in [2.75, 3.05) is 19.0 Å². The van der Waals surface area contributed by atoms with Crippen LogP contribution in [0, 0.1) is 0 Å². The number of fused-ring (bicyclic) bond motifs is 1. The molecule has 0 unspecified atom stereocenters. The second kappa shape index (κ2) is 9.08. The van der Waals surface area contributed by atoms with E-state index in [1.807, 2.05) is 28.8 Å². The molecule has 0 aliphatic carbocycles. The zero-order valence-corrected chi connectivity index (χ0v) is 19.3. The smallest absolute Gasteiger partial charge is 0.260 e. The fraction of sp³-hybridized carbons (Fsp3) is 0.417. The van der Waals surface area contributed by atoms with Gasteiger partial charge < -0.3 is 14.6 Å². The summed E-state index contributed by atoms with van der Waals surface area (Å²) in [6, 6.07) is 10.1. The van der Waals surface area contributed by atoms with Crippen LogP contribution in [-0.2, 0) is 13.0 Å². The van der Waals surface area contributed by atoms with Crippen LogP contribution in [0.5, 0.6) is 5.75 Å².